The second-order valence-corrected chi connectivity index (χ2v) is 14.2. The molecule has 1 heterocycles. The molecule has 4 atom stereocenters. The summed E-state index contributed by atoms with van der Waals surface area (Å²) in [4.78, 5) is 15.2. The van der Waals surface area contributed by atoms with Gasteiger partial charge in [0.15, 0.2) is 17.5 Å². The molecule has 0 radical (unpaired) electrons. The molecule has 2 aliphatic rings. The minimum absolute atomic E-state index is 0.302. The van der Waals surface area contributed by atoms with Crippen LogP contribution in [0.4, 0.5) is 0 Å². The van der Waals surface area contributed by atoms with E-state index in [1.807, 2.05) is 66.7 Å². The van der Waals surface area contributed by atoms with Crippen LogP contribution in [0.2, 0.25) is 0 Å². The van der Waals surface area contributed by atoms with Gasteiger partial charge in [-0.05, 0) is 89.5 Å². The first-order chi connectivity index (χ1) is 23.5. The zero-order chi connectivity index (χ0) is 32.7. The SMILES string of the molecule is CC[C@H]1C[C@H]2C[C@@H](C)CC(c3ccc(-c4ccccc4-c4nc(-c5ccccc5)nc(-c5ccc(C#N)c6ccccc56)n4)cc3)(C2)C1. The predicted molar refractivity (Wildman–Crippen MR) is 195 cm³/mol. The van der Waals surface area contributed by atoms with E-state index >= 15 is 0 Å². The average molecular weight is 625 g/mol. The van der Waals surface area contributed by atoms with Gasteiger partial charge < -0.3 is 0 Å². The van der Waals surface area contributed by atoms with Crippen molar-refractivity contribution in [1.82, 2.24) is 15.0 Å². The maximum Gasteiger partial charge on any atom is 0.164 e. The van der Waals surface area contributed by atoms with Crippen LogP contribution in [0.25, 0.3) is 56.1 Å². The van der Waals surface area contributed by atoms with E-state index in [2.05, 4.69) is 68.4 Å². The molecule has 8 rings (SSSR count). The Kier molecular flexibility index (Phi) is 7.85. The van der Waals surface area contributed by atoms with Gasteiger partial charge in [0, 0.05) is 22.1 Å². The molecule has 236 valence electrons. The molecule has 0 spiro atoms. The summed E-state index contributed by atoms with van der Waals surface area (Å²) in [6.45, 7) is 4.84. The van der Waals surface area contributed by atoms with Crippen molar-refractivity contribution in [1.29, 1.82) is 5.26 Å². The summed E-state index contributed by atoms with van der Waals surface area (Å²) in [6, 6.07) is 42.2. The van der Waals surface area contributed by atoms with Crippen molar-refractivity contribution in [3.8, 4) is 51.4 Å². The quantitative estimate of drug-likeness (QED) is 0.185. The van der Waals surface area contributed by atoms with Gasteiger partial charge in [-0.15, -0.1) is 0 Å². The van der Waals surface area contributed by atoms with Gasteiger partial charge in [-0.2, -0.15) is 5.26 Å². The number of nitriles is 1. The lowest BCUT2D eigenvalue weighted by molar-refractivity contribution is 0.0702. The fourth-order valence-corrected chi connectivity index (χ4v) is 9.01. The number of benzene rings is 5. The average Bonchev–Trinajstić information content (AvgIpc) is 3.14. The third-order valence-corrected chi connectivity index (χ3v) is 11.0. The molecule has 5 aromatic carbocycles. The van der Waals surface area contributed by atoms with E-state index in [9.17, 15) is 5.26 Å². The van der Waals surface area contributed by atoms with E-state index in [4.69, 9.17) is 15.0 Å². The van der Waals surface area contributed by atoms with Crippen molar-refractivity contribution in [2.24, 2.45) is 17.8 Å². The van der Waals surface area contributed by atoms with E-state index < -0.39 is 0 Å². The largest absolute Gasteiger partial charge is 0.208 e. The van der Waals surface area contributed by atoms with Crippen LogP contribution in [0.1, 0.15) is 63.5 Å². The fraction of sp³-hybridized carbons (Fsp3) is 0.273. The maximum atomic E-state index is 9.80. The van der Waals surface area contributed by atoms with Crippen LogP contribution in [-0.2, 0) is 5.41 Å². The van der Waals surface area contributed by atoms with Gasteiger partial charge in [-0.1, -0.05) is 123 Å². The summed E-state index contributed by atoms with van der Waals surface area (Å²) in [6.07, 6.45) is 8.04. The smallest absolute Gasteiger partial charge is 0.164 e. The summed E-state index contributed by atoms with van der Waals surface area (Å²) in [7, 11) is 0. The maximum absolute atomic E-state index is 9.80. The highest BCUT2D eigenvalue weighted by atomic mass is 15.0. The molecule has 6 aromatic rings. The second-order valence-electron chi connectivity index (χ2n) is 14.2. The topological polar surface area (TPSA) is 62.5 Å². The van der Waals surface area contributed by atoms with E-state index in [1.54, 1.807) is 0 Å². The lowest BCUT2D eigenvalue weighted by atomic mass is 9.54. The van der Waals surface area contributed by atoms with Gasteiger partial charge in [0.1, 0.15) is 0 Å². The van der Waals surface area contributed by atoms with Gasteiger partial charge in [0.25, 0.3) is 0 Å². The van der Waals surface area contributed by atoms with Crippen molar-refractivity contribution in [2.75, 3.05) is 0 Å². The van der Waals surface area contributed by atoms with Gasteiger partial charge in [-0.25, -0.2) is 15.0 Å². The molecule has 1 aromatic heterocycles. The summed E-state index contributed by atoms with van der Waals surface area (Å²) in [5.41, 5.74) is 7.50. The predicted octanol–water partition coefficient (Wildman–Crippen LogP) is 11.1. The Labute approximate surface area is 283 Å². The van der Waals surface area contributed by atoms with Crippen molar-refractivity contribution < 1.29 is 0 Å². The molecule has 2 saturated carbocycles. The van der Waals surface area contributed by atoms with E-state index in [0.717, 1.165) is 50.8 Å². The number of fused-ring (bicyclic) bond motifs is 3. The monoisotopic (exact) mass is 624 g/mol. The lowest BCUT2D eigenvalue weighted by Gasteiger charge is -2.51. The molecule has 2 aliphatic carbocycles. The minimum Gasteiger partial charge on any atom is -0.208 e. The molecule has 4 nitrogen and oxygen atoms in total. The molecule has 2 bridgehead atoms. The minimum atomic E-state index is 0.302. The van der Waals surface area contributed by atoms with Gasteiger partial charge >= 0.3 is 0 Å². The fourth-order valence-electron chi connectivity index (χ4n) is 9.01. The van der Waals surface area contributed by atoms with Crippen LogP contribution >= 0.6 is 0 Å². The van der Waals surface area contributed by atoms with Crippen molar-refractivity contribution in [3.05, 3.63) is 126 Å². The number of hydrogen-bond donors (Lipinski definition) is 0. The highest BCUT2D eigenvalue weighted by molar-refractivity contribution is 5.98. The van der Waals surface area contributed by atoms with E-state index in [0.29, 0.717) is 28.5 Å². The Balaban J connectivity index is 1.24. The summed E-state index contributed by atoms with van der Waals surface area (Å²) >= 11 is 0. The molecule has 2 fully saturated rings. The number of hydrogen-bond acceptors (Lipinski definition) is 4. The van der Waals surface area contributed by atoms with Crippen LogP contribution in [0, 0.1) is 29.1 Å². The Morgan fingerprint density at radius 2 is 1.29 bits per heavy atom. The molecular weight excluding hydrogens is 585 g/mol. The third-order valence-electron chi connectivity index (χ3n) is 11.0. The van der Waals surface area contributed by atoms with E-state index in [1.165, 1.54) is 49.7 Å². The normalized spacial score (nSPS) is 21.9. The van der Waals surface area contributed by atoms with Gasteiger partial charge in [0.2, 0.25) is 0 Å². The number of nitrogens with zero attached hydrogens (tertiary/aromatic N) is 4. The molecule has 0 amide bonds. The summed E-state index contributed by atoms with van der Waals surface area (Å²) < 4.78 is 0. The first-order valence-corrected chi connectivity index (χ1v) is 17.5. The molecule has 48 heavy (non-hydrogen) atoms. The van der Waals surface area contributed by atoms with Crippen LogP contribution in [0.15, 0.2) is 115 Å². The Morgan fingerprint density at radius 1 is 0.625 bits per heavy atom. The van der Waals surface area contributed by atoms with Crippen molar-refractivity contribution in [3.63, 3.8) is 0 Å². The van der Waals surface area contributed by atoms with Crippen molar-refractivity contribution in [2.45, 2.75) is 57.8 Å². The van der Waals surface area contributed by atoms with Crippen LogP contribution < -0.4 is 0 Å². The lowest BCUT2D eigenvalue weighted by Crippen LogP contribution is -2.42. The molecule has 0 N–H and O–H groups in total. The van der Waals surface area contributed by atoms with Crippen LogP contribution in [0.5, 0.6) is 0 Å². The van der Waals surface area contributed by atoms with Crippen LogP contribution in [-0.4, -0.2) is 15.0 Å². The van der Waals surface area contributed by atoms with Crippen molar-refractivity contribution >= 4 is 10.8 Å². The third kappa shape index (κ3) is 5.48. The first-order valence-electron chi connectivity index (χ1n) is 17.5. The highest BCUT2D eigenvalue weighted by Crippen LogP contribution is 2.55. The summed E-state index contributed by atoms with van der Waals surface area (Å²) in [5.74, 6) is 4.32. The standard InChI is InChI=1S/C44H40N4/c1-3-30-24-31-23-29(2)25-44(26-30,27-31)35-20-17-32(18-21-35)36-13-8-10-16-39(36)42-46-41(33-11-5-4-6-12-33)47-43(48-42)40-22-19-34(28-45)37-14-7-9-15-38(37)40/h4-22,29-31H,3,23-27H2,1-2H3/t29-,30+,31-,44?/m1/s1. The number of rotatable bonds is 6. The molecule has 1 unspecified atom stereocenters. The van der Waals surface area contributed by atoms with Gasteiger partial charge in [-0.3, -0.25) is 0 Å². The number of aromatic nitrogens is 3. The molecule has 0 saturated heterocycles. The van der Waals surface area contributed by atoms with Gasteiger partial charge in [0.05, 0.1) is 11.6 Å². The summed E-state index contributed by atoms with van der Waals surface area (Å²) in [5, 5.41) is 11.6. The molecule has 4 heteroatoms. The van der Waals surface area contributed by atoms with Crippen LogP contribution in [0.3, 0.4) is 0 Å². The Morgan fingerprint density at radius 3 is 2.04 bits per heavy atom. The zero-order valence-electron chi connectivity index (χ0n) is 27.7. The zero-order valence-corrected chi connectivity index (χ0v) is 27.7. The molecular formula is C44H40N4. The first kappa shape index (κ1) is 30.2. The van der Waals surface area contributed by atoms with E-state index in [-0.39, 0.29) is 0 Å². The highest BCUT2D eigenvalue weighted by Gasteiger charge is 2.45. The Bertz CT molecular complexity index is 2140. The second kappa shape index (κ2) is 12.5. The Hall–Kier alpha value is -5.14. The molecule has 0 aliphatic heterocycles.